The summed E-state index contributed by atoms with van der Waals surface area (Å²) >= 11 is 0. The fraction of sp³-hybridized carbons (Fsp3) is 0.417. The predicted octanol–water partition coefficient (Wildman–Crippen LogP) is 0.753. The number of methoxy groups -OCH3 is 2. The average molecular weight is 235 g/mol. The quantitative estimate of drug-likeness (QED) is 0.808. The third-order valence-electron chi connectivity index (χ3n) is 2.58. The summed E-state index contributed by atoms with van der Waals surface area (Å²) < 4.78 is 10.4. The molecule has 0 atom stereocenters. The zero-order valence-electron chi connectivity index (χ0n) is 10.1. The molecule has 1 aliphatic heterocycles. The summed E-state index contributed by atoms with van der Waals surface area (Å²) in [5.74, 6) is 2.35. The van der Waals surface area contributed by atoms with Gasteiger partial charge in [-0.15, -0.1) is 0 Å². The number of ether oxygens (including phenoxy) is 2. The van der Waals surface area contributed by atoms with E-state index in [-0.39, 0.29) is 0 Å². The lowest BCUT2D eigenvalue weighted by atomic mass is 10.2. The fourth-order valence-electron chi connectivity index (χ4n) is 1.69. The summed E-state index contributed by atoms with van der Waals surface area (Å²) in [6.07, 6.45) is 0. The number of aliphatic imine (C=N–C) groups is 1. The lowest BCUT2D eigenvalue weighted by Gasteiger charge is -2.10. The zero-order chi connectivity index (χ0) is 12.1. The van der Waals surface area contributed by atoms with Gasteiger partial charge in [-0.2, -0.15) is 0 Å². The molecule has 0 aliphatic carbocycles. The Morgan fingerprint density at radius 1 is 1.29 bits per heavy atom. The molecule has 17 heavy (non-hydrogen) atoms. The van der Waals surface area contributed by atoms with Crippen molar-refractivity contribution in [2.45, 2.75) is 6.54 Å². The van der Waals surface area contributed by atoms with Gasteiger partial charge in [0.2, 0.25) is 0 Å². The predicted molar refractivity (Wildman–Crippen MR) is 66.7 cm³/mol. The highest BCUT2D eigenvalue weighted by Gasteiger charge is 2.06. The third-order valence-corrected chi connectivity index (χ3v) is 2.58. The van der Waals surface area contributed by atoms with Crippen LogP contribution in [0.3, 0.4) is 0 Å². The molecule has 5 heteroatoms. The molecule has 2 N–H and O–H groups in total. The minimum Gasteiger partial charge on any atom is -0.493 e. The monoisotopic (exact) mass is 235 g/mol. The number of nitrogens with zero attached hydrogens (tertiary/aromatic N) is 1. The van der Waals surface area contributed by atoms with Gasteiger partial charge in [-0.1, -0.05) is 6.07 Å². The minimum atomic E-state index is 0.714. The van der Waals surface area contributed by atoms with Crippen molar-refractivity contribution >= 4 is 5.96 Å². The van der Waals surface area contributed by atoms with Crippen LogP contribution in [-0.4, -0.2) is 33.3 Å². The molecule has 0 spiro atoms. The Morgan fingerprint density at radius 2 is 2.12 bits per heavy atom. The highest BCUT2D eigenvalue weighted by Crippen LogP contribution is 2.27. The number of hydrogen-bond donors (Lipinski definition) is 2. The van der Waals surface area contributed by atoms with Crippen molar-refractivity contribution < 1.29 is 9.47 Å². The molecule has 1 heterocycles. The van der Waals surface area contributed by atoms with Gasteiger partial charge >= 0.3 is 0 Å². The Bertz CT molecular complexity index is 418. The van der Waals surface area contributed by atoms with Gasteiger partial charge in [-0.05, 0) is 17.7 Å². The molecule has 0 saturated carbocycles. The first-order valence-electron chi connectivity index (χ1n) is 5.56. The van der Waals surface area contributed by atoms with Crippen molar-refractivity contribution in [1.82, 2.24) is 10.6 Å². The van der Waals surface area contributed by atoms with Crippen LogP contribution in [0.2, 0.25) is 0 Å². The summed E-state index contributed by atoms with van der Waals surface area (Å²) in [5.41, 5.74) is 1.12. The van der Waals surface area contributed by atoms with Gasteiger partial charge in [-0.3, -0.25) is 4.99 Å². The highest BCUT2D eigenvalue weighted by molar-refractivity contribution is 5.81. The molecule has 1 aromatic carbocycles. The topological polar surface area (TPSA) is 54.9 Å². The van der Waals surface area contributed by atoms with Crippen LogP contribution >= 0.6 is 0 Å². The number of rotatable bonds is 4. The average Bonchev–Trinajstić information content (AvgIpc) is 2.89. The van der Waals surface area contributed by atoms with E-state index in [0.29, 0.717) is 6.54 Å². The third kappa shape index (κ3) is 2.81. The van der Waals surface area contributed by atoms with Gasteiger partial charge in [0.15, 0.2) is 17.5 Å². The fourth-order valence-corrected chi connectivity index (χ4v) is 1.69. The molecule has 0 bridgehead atoms. The van der Waals surface area contributed by atoms with E-state index in [1.807, 2.05) is 18.2 Å². The molecular formula is C12H17N3O2. The van der Waals surface area contributed by atoms with Gasteiger partial charge in [0, 0.05) is 13.1 Å². The largest absolute Gasteiger partial charge is 0.493 e. The van der Waals surface area contributed by atoms with E-state index in [0.717, 1.165) is 36.1 Å². The van der Waals surface area contributed by atoms with Gasteiger partial charge < -0.3 is 20.1 Å². The molecule has 0 unspecified atom stereocenters. The van der Waals surface area contributed by atoms with Crippen molar-refractivity contribution in [3.63, 3.8) is 0 Å². The SMILES string of the molecule is COc1ccc(CNC2=NCCN2)cc1OC. The Labute approximate surface area is 101 Å². The molecule has 92 valence electrons. The maximum absolute atomic E-state index is 5.25. The molecule has 0 fully saturated rings. The summed E-state index contributed by atoms with van der Waals surface area (Å²) in [6.45, 7) is 2.47. The molecule has 0 radical (unpaired) electrons. The lowest BCUT2D eigenvalue weighted by molar-refractivity contribution is 0.354. The Kier molecular flexibility index (Phi) is 3.69. The Balaban J connectivity index is 2.00. The lowest BCUT2D eigenvalue weighted by Crippen LogP contribution is -2.33. The molecule has 0 aromatic heterocycles. The summed E-state index contributed by atoms with van der Waals surface area (Å²) in [7, 11) is 3.27. The van der Waals surface area contributed by atoms with Crippen LogP contribution in [0, 0.1) is 0 Å². The van der Waals surface area contributed by atoms with E-state index >= 15 is 0 Å². The minimum absolute atomic E-state index is 0.714. The Hall–Kier alpha value is -1.91. The van der Waals surface area contributed by atoms with E-state index in [1.54, 1.807) is 14.2 Å². The van der Waals surface area contributed by atoms with Gasteiger partial charge in [-0.25, -0.2) is 0 Å². The van der Waals surface area contributed by atoms with Gasteiger partial charge in [0.05, 0.1) is 20.8 Å². The number of nitrogens with one attached hydrogen (secondary N) is 2. The van der Waals surface area contributed by atoms with Crippen LogP contribution < -0.4 is 20.1 Å². The zero-order valence-corrected chi connectivity index (χ0v) is 10.1. The molecule has 1 aromatic rings. The second-order valence-corrected chi connectivity index (χ2v) is 3.70. The first-order chi connectivity index (χ1) is 8.33. The summed E-state index contributed by atoms with van der Waals surface area (Å²) in [6, 6.07) is 5.87. The van der Waals surface area contributed by atoms with Crippen LogP contribution in [0.5, 0.6) is 11.5 Å². The number of hydrogen-bond acceptors (Lipinski definition) is 5. The maximum Gasteiger partial charge on any atom is 0.191 e. The van der Waals surface area contributed by atoms with E-state index in [1.165, 1.54) is 0 Å². The summed E-state index contributed by atoms with van der Waals surface area (Å²) in [4.78, 5) is 4.27. The smallest absolute Gasteiger partial charge is 0.191 e. The van der Waals surface area contributed by atoms with Crippen LogP contribution in [-0.2, 0) is 6.54 Å². The van der Waals surface area contributed by atoms with E-state index in [4.69, 9.17) is 9.47 Å². The van der Waals surface area contributed by atoms with Gasteiger partial charge in [0.25, 0.3) is 0 Å². The number of benzene rings is 1. The van der Waals surface area contributed by atoms with Crippen molar-refractivity contribution in [3.8, 4) is 11.5 Å². The normalized spacial score (nSPS) is 13.9. The van der Waals surface area contributed by atoms with Crippen LogP contribution in [0.25, 0.3) is 0 Å². The first-order valence-corrected chi connectivity index (χ1v) is 5.56. The van der Waals surface area contributed by atoms with Crippen molar-refractivity contribution in [2.75, 3.05) is 27.3 Å². The molecule has 1 aliphatic rings. The first kappa shape index (κ1) is 11.6. The van der Waals surface area contributed by atoms with Crippen molar-refractivity contribution in [3.05, 3.63) is 23.8 Å². The summed E-state index contributed by atoms with van der Waals surface area (Å²) in [5, 5.41) is 6.39. The molecule has 5 nitrogen and oxygen atoms in total. The van der Waals surface area contributed by atoms with Crippen LogP contribution in [0.4, 0.5) is 0 Å². The van der Waals surface area contributed by atoms with Gasteiger partial charge in [0.1, 0.15) is 0 Å². The van der Waals surface area contributed by atoms with Crippen LogP contribution in [0.1, 0.15) is 5.56 Å². The molecule has 2 rings (SSSR count). The van der Waals surface area contributed by atoms with E-state index in [9.17, 15) is 0 Å². The number of guanidine groups is 1. The standard InChI is InChI=1S/C12H17N3O2/c1-16-10-4-3-9(7-11(10)17-2)8-15-12-13-5-6-14-12/h3-4,7H,5-6,8H2,1-2H3,(H2,13,14,15). The van der Waals surface area contributed by atoms with Crippen molar-refractivity contribution in [2.24, 2.45) is 4.99 Å². The second-order valence-electron chi connectivity index (χ2n) is 3.70. The second kappa shape index (κ2) is 5.43. The van der Waals surface area contributed by atoms with Crippen molar-refractivity contribution in [1.29, 1.82) is 0 Å². The highest BCUT2D eigenvalue weighted by atomic mass is 16.5. The van der Waals surface area contributed by atoms with E-state index in [2.05, 4.69) is 15.6 Å². The molecule has 0 amide bonds. The van der Waals surface area contributed by atoms with E-state index < -0.39 is 0 Å². The maximum atomic E-state index is 5.25. The molecular weight excluding hydrogens is 218 g/mol. The van der Waals surface area contributed by atoms with Crippen LogP contribution in [0.15, 0.2) is 23.2 Å². The molecule has 0 saturated heterocycles. The Morgan fingerprint density at radius 3 is 2.76 bits per heavy atom.